The van der Waals surface area contributed by atoms with E-state index in [-0.39, 0.29) is 5.88 Å². The minimum atomic E-state index is -4.38. The molecule has 1 aliphatic rings. The fourth-order valence-electron chi connectivity index (χ4n) is 4.17. The van der Waals surface area contributed by atoms with Gasteiger partial charge in [-0.2, -0.15) is 13.2 Å². The molecule has 4 bridgehead atoms. The number of hydrogen-bond donors (Lipinski definition) is 2. The lowest BCUT2D eigenvalue weighted by Crippen LogP contribution is -2.37. The molecule has 0 amide bonds. The first kappa shape index (κ1) is 28.3. The van der Waals surface area contributed by atoms with Gasteiger partial charge in [0.25, 0.3) is 0 Å². The smallest absolute Gasteiger partial charge is 0.397 e. The van der Waals surface area contributed by atoms with Crippen molar-refractivity contribution in [1.82, 2.24) is 19.7 Å². The van der Waals surface area contributed by atoms with Crippen LogP contribution in [0.5, 0.6) is 5.88 Å². The number of benzene rings is 1. The normalized spacial score (nSPS) is 14.9. The Hall–Kier alpha value is -3.25. The van der Waals surface area contributed by atoms with Gasteiger partial charge in [-0.05, 0) is 50.8 Å². The number of rotatable bonds is 4. The van der Waals surface area contributed by atoms with Crippen LogP contribution < -0.4 is 14.8 Å². The molecule has 5 rings (SSSR count). The lowest BCUT2D eigenvalue weighted by Gasteiger charge is -2.26. The predicted molar refractivity (Wildman–Crippen MR) is 154 cm³/mol. The van der Waals surface area contributed by atoms with Gasteiger partial charge in [0.1, 0.15) is 28.1 Å². The second kappa shape index (κ2) is 12.1. The van der Waals surface area contributed by atoms with Crippen molar-refractivity contribution >= 4 is 34.2 Å². The van der Waals surface area contributed by atoms with E-state index in [1.54, 1.807) is 16.9 Å². The van der Waals surface area contributed by atoms with Crippen LogP contribution in [-0.2, 0) is 6.42 Å². The third-order valence-electron chi connectivity index (χ3n) is 6.65. The van der Waals surface area contributed by atoms with Crippen LogP contribution in [0.4, 0.5) is 24.1 Å². The van der Waals surface area contributed by atoms with E-state index in [2.05, 4.69) is 32.3 Å². The third-order valence-corrected chi connectivity index (χ3v) is 8.47. The minimum Gasteiger partial charge on any atom is -0.476 e. The number of anilines is 2. The van der Waals surface area contributed by atoms with Crippen molar-refractivity contribution < 1.29 is 17.9 Å². The molecule has 0 atom stereocenters. The molecule has 4 heterocycles. The number of aryl methyl sites for hydroxylation is 1. The van der Waals surface area contributed by atoms with E-state index < -0.39 is 18.2 Å². The van der Waals surface area contributed by atoms with Crippen molar-refractivity contribution in [2.45, 2.75) is 57.2 Å². The highest BCUT2D eigenvalue weighted by atomic mass is 32.2. The van der Waals surface area contributed by atoms with Crippen molar-refractivity contribution in [2.24, 2.45) is 5.41 Å². The van der Waals surface area contributed by atoms with Gasteiger partial charge in [0, 0.05) is 36.3 Å². The van der Waals surface area contributed by atoms with Crippen molar-refractivity contribution in [1.29, 1.82) is 0 Å². The molecule has 12 heteroatoms. The summed E-state index contributed by atoms with van der Waals surface area (Å²) >= 11 is 2.77. The zero-order valence-corrected chi connectivity index (χ0v) is 23.9. The average molecular weight is 589 g/mol. The van der Waals surface area contributed by atoms with E-state index in [4.69, 9.17) is 9.72 Å². The van der Waals surface area contributed by atoms with E-state index >= 15 is 0 Å². The molecule has 0 unspecified atom stereocenters. The summed E-state index contributed by atoms with van der Waals surface area (Å²) < 4.78 is 50.3. The second-order valence-corrected chi connectivity index (χ2v) is 12.1. The summed E-state index contributed by atoms with van der Waals surface area (Å²) in [6, 6.07) is 15.6. The quantitative estimate of drug-likeness (QED) is 0.234. The summed E-state index contributed by atoms with van der Waals surface area (Å²) in [6.45, 7) is 2.58. The number of hydrogen-bond acceptors (Lipinski definition) is 8. The molecule has 1 aromatic carbocycles. The Kier molecular flexibility index (Phi) is 8.55. The molecule has 0 spiro atoms. The summed E-state index contributed by atoms with van der Waals surface area (Å²) in [5, 5.41) is 10.1. The number of halogens is 3. The largest absolute Gasteiger partial charge is 0.476 e. The van der Waals surface area contributed by atoms with Crippen molar-refractivity contribution in [2.75, 3.05) is 23.2 Å². The summed E-state index contributed by atoms with van der Waals surface area (Å²) in [7, 11) is 0. The van der Waals surface area contributed by atoms with Gasteiger partial charge in [-0.1, -0.05) is 54.5 Å². The monoisotopic (exact) mass is 588 g/mol. The molecule has 0 aliphatic carbocycles. The Bertz CT molecular complexity index is 1440. The highest BCUT2D eigenvalue weighted by Gasteiger charge is 2.48. The number of nitrogens with zero attached hydrogens (tertiary/aromatic N) is 4. The SMILES string of the molecule is CC(C)(COc1ccn(-c2sc3nc2-c2ccccc2CCCCCCNc2cccc(n2)SN3)n1)C(F)(F)F. The van der Waals surface area contributed by atoms with Gasteiger partial charge < -0.3 is 14.8 Å². The van der Waals surface area contributed by atoms with E-state index in [0.717, 1.165) is 79.6 Å². The summed E-state index contributed by atoms with van der Waals surface area (Å²) in [5.41, 5.74) is 0.955. The highest BCUT2D eigenvalue weighted by molar-refractivity contribution is 8.00. The first-order chi connectivity index (χ1) is 19.2. The van der Waals surface area contributed by atoms with Gasteiger partial charge in [0.05, 0.1) is 5.41 Å². The first-order valence-electron chi connectivity index (χ1n) is 13.2. The number of fused-ring (bicyclic) bond motifs is 6. The Balaban J connectivity index is 1.47. The standard InChI is InChI=1S/C28H31F3N6OS2/c1-27(2,28(29,30)31)18-38-22-15-17-37(35-22)25-24-20-12-7-6-11-19(20)10-5-3-4-8-16-32-21-13-9-14-23(33-21)40-36-26(34-24)39-25/h6-7,9,11-15,17H,3-5,8,10,16,18H2,1-2H3,(H,32,33)(H,34,36). The molecular weight excluding hydrogens is 557 g/mol. The van der Waals surface area contributed by atoms with Gasteiger partial charge in [-0.3, -0.25) is 0 Å². The molecule has 0 radical (unpaired) electrons. The number of nitrogens with one attached hydrogen (secondary N) is 2. The van der Waals surface area contributed by atoms with E-state index in [9.17, 15) is 13.2 Å². The molecule has 212 valence electrons. The molecule has 2 N–H and O–H groups in total. The molecule has 0 fully saturated rings. The first-order valence-corrected chi connectivity index (χ1v) is 14.8. The minimum absolute atomic E-state index is 0.122. The molecular formula is C28H31F3N6OS2. The summed E-state index contributed by atoms with van der Waals surface area (Å²) in [6.07, 6.45) is 2.59. The second-order valence-electron chi connectivity index (χ2n) is 10.3. The zero-order chi connectivity index (χ0) is 28.2. The Morgan fingerprint density at radius 2 is 1.80 bits per heavy atom. The maximum Gasteiger partial charge on any atom is 0.397 e. The van der Waals surface area contributed by atoms with E-state index in [1.165, 1.54) is 28.8 Å². The molecule has 4 aromatic rings. The van der Waals surface area contributed by atoms with Crippen LogP contribution in [0.3, 0.4) is 0 Å². The molecule has 40 heavy (non-hydrogen) atoms. The molecule has 0 saturated carbocycles. The summed E-state index contributed by atoms with van der Waals surface area (Å²) in [4.78, 5) is 9.61. The molecule has 7 nitrogen and oxygen atoms in total. The highest BCUT2D eigenvalue weighted by Crippen LogP contribution is 2.39. The van der Waals surface area contributed by atoms with Gasteiger partial charge in [0.2, 0.25) is 5.88 Å². The maximum absolute atomic E-state index is 13.3. The topological polar surface area (TPSA) is 76.9 Å². The fraction of sp³-hybridized carbons (Fsp3) is 0.393. The van der Waals surface area contributed by atoms with Crippen molar-refractivity contribution in [3.05, 3.63) is 60.3 Å². The van der Waals surface area contributed by atoms with Crippen molar-refractivity contribution in [3.63, 3.8) is 0 Å². The van der Waals surface area contributed by atoms with Crippen LogP contribution in [0.2, 0.25) is 0 Å². The van der Waals surface area contributed by atoms with Crippen LogP contribution in [-0.4, -0.2) is 39.1 Å². The van der Waals surface area contributed by atoms with Gasteiger partial charge in [0.15, 0.2) is 5.13 Å². The Morgan fingerprint density at radius 3 is 2.65 bits per heavy atom. The predicted octanol–water partition coefficient (Wildman–Crippen LogP) is 8.01. The Morgan fingerprint density at radius 1 is 0.975 bits per heavy atom. The fourth-order valence-corrected chi connectivity index (χ4v) is 5.75. The third kappa shape index (κ3) is 6.72. The van der Waals surface area contributed by atoms with Crippen molar-refractivity contribution in [3.8, 4) is 22.1 Å². The maximum atomic E-state index is 13.3. The zero-order valence-electron chi connectivity index (χ0n) is 22.3. The van der Waals surface area contributed by atoms with Crippen LogP contribution in [0.15, 0.2) is 59.8 Å². The molecule has 1 aliphatic heterocycles. The number of alkyl halides is 3. The van der Waals surface area contributed by atoms with E-state index in [1.807, 2.05) is 30.3 Å². The van der Waals surface area contributed by atoms with Crippen LogP contribution in [0.25, 0.3) is 16.3 Å². The van der Waals surface area contributed by atoms with Crippen LogP contribution in [0.1, 0.15) is 45.1 Å². The number of aromatic nitrogens is 4. The van der Waals surface area contributed by atoms with Gasteiger partial charge in [-0.25, -0.2) is 14.6 Å². The lowest BCUT2D eigenvalue weighted by molar-refractivity contribution is -0.219. The number of ether oxygens (including phenoxy) is 1. The molecule has 0 saturated heterocycles. The van der Waals surface area contributed by atoms with Gasteiger partial charge in [-0.15, -0.1) is 5.10 Å². The van der Waals surface area contributed by atoms with Crippen LogP contribution in [0, 0.1) is 5.41 Å². The van der Waals surface area contributed by atoms with Crippen LogP contribution >= 0.6 is 23.3 Å². The average Bonchev–Trinajstić information content (AvgIpc) is 3.57. The van der Waals surface area contributed by atoms with E-state index in [0.29, 0.717) is 5.13 Å². The molecule has 3 aromatic heterocycles. The number of pyridine rings is 1. The van der Waals surface area contributed by atoms with Gasteiger partial charge >= 0.3 is 6.18 Å². The number of thiazole rings is 1. The lowest BCUT2D eigenvalue weighted by atomic mass is 9.94. The summed E-state index contributed by atoms with van der Waals surface area (Å²) in [5.74, 6) is 0.957. The Labute approximate surface area is 239 Å².